The Morgan fingerprint density at radius 2 is 1.78 bits per heavy atom. The van der Waals surface area contributed by atoms with Crippen LogP contribution in [0.2, 0.25) is 0 Å². The van der Waals surface area contributed by atoms with Gasteiger partial charge in [0.1, 0.15) is 12.0 Å². The highest BCUT2D eigenvalue weighted by atomic mass is 16.3. The van der Waals surface area contributed by atoms with Crippen LogP contribution in [-0.4, -0.2) is 35.9 Å². The van der Waals surface area contributed by atoms with Crippen LogP contribution in [0.4, 0.5) is 22.7 Å². The van der Waals surface area contributed by atoms with E-state index in [1.807, 2.05) is 48.5 Å². The molecular formula is C23H32N8O. The lowest BCUT2D eigenvalue weighted by molar-refractivity contribution is 0.221. The van der Waals surface area contributed by atoms with Gasteiger partial charge in [0.2, 0.25) is 0 Å². The molecule has 1 heterocycles. The van der Waals surface area contributed by atoms with E-state index in [0.29, 0.717) is 17.1 Å². The molecule has 1 aliphatic heterocycles. The zero-order chi connectivity index (χ0) is 22.5. The number of nitrogens with two attached hydrogens (primary N) is 3. The number of aliphatic hydroxyl groups is 1. The highest BCUT2D eigenvalue weighted by Gasteiger charge is 2.26. The Kier molecular flexibility index (Phi) is 6.91. The molecule has 9 heteroatoms. The Labute approximate surface area is 188 Å². The summed E-state index contributed by atoms with van der Waals surface area (Å²) in [5.41, 5.74) is 21.7. The number of rotatable bonds is 7. The van der Waals surface area contributed by atoms with Crippen molar-refractivity contribution in [1.29, 1.82) is 0 Å². The van der Waals surface area contributed by atoms with Gasteiger partial charge >= 0.3 is 0 Å². The molecule has 0 bridgehead atoms. The summed E-state index contributed by atoms with van der Waals surface area (Å²) in [7, 11) is 0. The van der Waals surface area contributed by atoms with E-state index in [9.17, 15) is 5.11 Å². The largest absolute Gasteiger partial charge is 0.397 e. The van der Waals surface area contributed by atoms with Gasteiger partial charge in [-0.15, -0.1) is 0 Å². The Balaban J connectivity index is 1.48. The van der Waals surface area contributed by atoms with Crippen molar-refractivity contribution in [2.45, 2.75) is 50.3 Å². The van der Waals surface area contributed by atoms with Gasteiger partial charge in [0.05, 0.1) is 16.9 Å². The van der Waals surface area contributed by atoms with Gasteiger partial charge in [0.15, 0.2) is 6.29 Å². The summed E-state index contributed by atoms with van der Waals surface area (Å²) >= 11 is 0. The average molecular weight is 437 g/mol. The highest BCUT2D eigenvalue weighted by molar-refractivity contribution is 5.83. The molecule has 4 atom stereocenters. The Morgan fingerprint density at radius 3 is 2.53 bits per heavy atom. The van der Waals surface area contributed by atoms with Crippen LogP contribution in [-0.2, 0) is 0 Å². The van der Waals surface area contributed by atoms with Gasteiger partial charge in [0, 0.05) is 29.7 Å². The molecule has 4 unspecified atom stereocenters. The summed E-state index contributed by atoms with van der Waals surface area (Å²) in [5, 5.41) is 23.5. The Morgan fingerprint density at radius 1 is 1.03 bits per heavy atom. The summed E-state index contributed by atoms with van der Waals surface area (Å²) in [6.07, 6.45) is 4.41. The zero-order valence-electron chi connectivity index (χ0n) is 18.0. The van der Waals surface area contributed by atoms with Gasteiger partial charge < -0.3 is 38.3 Å². The summed E-state index contributed by atoms with van der Waals surface area (Å²) in [4.78, 5) is 4.47. The monoisotopic (exact) mass is 436 g/mol. The lowest BCUT2D eigenvalue weighted by Gasteiger charge is -2.34. The number of aliphatic hydroxyl groups excluding tert-OH is 1. The van der Waals surface area contributed by atoms with Crippen LogP contribution in [0.1, 0.15) is 25.7 Å². The third-order valence-corrected chi connectivity index (χ3v) is 5.81. The van der Waals surface area contributed by atoms with E-state index in [1.165, 1.54) is 0 Å². The first-order valence-corrected chi connectivity index (χ1v) is 11.0. The molecule has 1 aliphatic carbocycles. The van der Waals surface area contributed by atoms with Crippen molar-refractivity contribution in [3.05, 3.63) is 59.9 Å². The third kappa shape index (κ3) is 5.38. The fraction of sp³-hybridized carbons (Fsp3) is 0.348. The smallest absolute Gasteiger partial charge is 0.175 e. The molecule has 32 heavy (non-hydrogen) atoms. The molecule has 0 radical (unpaired) electrons. The number of para-hydroxylation sites is 2. The summed E-state index contributed by atoms with van der Waals surface area (Å²) in [5.74, 6) is 0.591. The van der Waals surface area contributed by atoms with Gasteiger partial charge in [-0.1, -0.05) is 31.0 Å². The first kappa shape index (κ1) is 22.1. The molecule has 1 saturated carbocycles. The SMILES string of the molecule is Nc1ccccc1Nc1cccc(NC2=C(C(N)O)C=NC(NC3CCCCC3N)N2)c1. The quantitative estimate of drug-likeness (QED) is 0.241. The molecular weight excluding hydrogens is 404 g/mol. The van der Waals surface area contributed by atoms with Crippen LogP contribution in [0.3, 0.4) is 0 Å². The maximum absolute atomic E-state index is 10.0. The maximum atomic E-state index is 10.0. The topological polar surface area (TPSA) is 159 Å². The Bertz CT molecular complexity index is 989. The van der Waals surface area contributed by atoms with Gasteiger partial charge in [-0.05, 0) is 43.2 Å². The predicted molar refractivity (Wildman–Crippen MR) is 130 cm³/mol. The van der Waals surface area contributed by atoms with Crippen LogP contribution in [0.5, 0.6) is 0 Å². The third-order valence-electron chi connectivity index (χ3n) is 5.81. The van der Waals surface area contributed by atoms with Crippen molar-refractivity contribution in [1.82, 2.24) is 10.6 Å². The minimum absolute atomic E-state index is 0.107. The molecule has 4 rings (SSSR count). The molecule has 1 fully saturated rings. The number of hydrogen-bond donors (Lipinski definition) is 8. The number of nitrogens with one attached hydrogen (secondary N) is 4. The van der Waals surface area contributed by atoms with E-state index >= 15 is 0 Å². The van der Waals surface area contributed by atoms with Crippen LogP contribution in [0.15, 0.2) is 64.9 Å². The van der Waals surface area contributed by atoms with Crippen molar-refractivity contribution < 1.29 is 5.11 Å². The lowest BCUT2D eigenvalue weighted by Crippen LogP contribution is -2.55. The van der Waals surface area contributed by atoms with E-state index in [1.54, 1.807) is 6.21 Å². The van der Waals surface area contributed by atoms with Gasteiger partial charge in [-0.25, -0.2) is 0 Å². The second-order valence-corrected chi connectivity index (χ2v) is 8.24. The van der Waals surface area contributed by atoms with Crippen molar-refractivity contribution in [2.24, 2.45) is 16.5 Å². The number of aliphatic imine (C=N–C) groups is 1. The van der Waals surface area contributed by atoms with Crippen molar-refractivity contribution >= 4 is 29.0 Å². The maximum Gasteiger partial charge on any atom is 0.175 e. The summed E-state index contributed by atoms with van der Waals surface area (Å²) in [6.45, 7) is 0. The van der Waals surface area contributed by atoms with Crippen molar-refractivity contribution in [3.8, 4) is 0 Å². The van der Waals surface area contributed by atoms with Gasteiger partial charge in [-0.2, -0.15) is 0 Å². The van der Waals surface area contributed by atoms with E-state index in [4.69, 9.17) is 17.2 Å². The normalized spacial score (nSPS) is 24.0. The Hall–Kier alpha value is -3.11. The molecule has 0 spiro atoms. The van der Waals surface area contributed by atoms with Crippen LogP contribution in [0, 0.1) is 0 Å². The number of benzene rings is 2. The van der Waals surface area contributed by atoms with E-state index in [2.05, 4.69) is 26.3 Å². The first-order chi connectivity index (χ1) is 15.5. The van der Waals surface area contributed by atoms with E-state index in [-0.39, 0.29) is 18.4 Å². The fourth-order valence-corrected chi connectivity index (χ4v) is 4.05. The molecule has 170 valence electrons. The second-order valence-electron chi connectivity index (χ2n) is 8.24. The number of nitrogens with zero attached hydrogens (tertiary/aromatic N) is 1. The van der Waals surface area contributed by atoms with Crippen LogP contribution < -0.4 is 38.5 Å². The minimum atomic E-state index is -1.17. The minimum Gasteiger partial charge on any atom is -0.397 e. The highest BCUT2D eigenvalue weighted by Crippen LogP contribution is 2.25. The van der Waals surface area contributed by atoms with Crippen molar-refractivity contribution in [2.75, 3.05) is 16.4 Å². The summed E-state index contributed by atoms with van der Waals surface area (Å²) < 4.78 is 0. The molecule has 2 aliphatic rings. The summed E-state index contributed by atoms with van der Waals surface area (Å²) in [6, 6.07) is 15.7. The van der Waals surface area contributed by atoms with Crippen molar-refractivity contribution in [3.63, 3.8) is 0 Å². The molecule has 2 aromatic rings. The van der Waals surface area contributed by atoms with Crippen LogP contribution in [0.25, 0.3) is 0 Å². The number of nitrogen functional groups attached to an aromatic ring is 1. The molecule has 0 aromatic heterocycles. The second kappa shape index (κ2) is 10.0. The van der Waals surface area contributed by atoms with Gasteiger partial charge in [-0.3, -0.25) is 10.3 Å². The predicted octanol–water partition coefficient (Wildman–Crippen LogP) is 1.73. The molecule has 11 N–H and O–H groups in total. The van der Waals surface area contributed by atoms with Crippen LogP contribution >= 0.6 is 0 Å². The van der Waals surface area contributed by atoms with E-state index in [0.717, 1.165) is 42.7 Å². The lowest BCUT2D eigenvalue weighted by atomic mass is 9.91. The van der Waals surface area contributed by atoms with Gasteiger partial charge in [0.25, 0.3) is 0 Å². The molecule has 0 saturated heterocycles. The first-order valence-electron chi connectivity index (χ1n) is 11.0. The van der Waals surface area contributed by atoms with E-state index < -0.39 is 6.23 Å². The number of hydrogen-bond acceptors (Lipinski definition) is 9. The standard InChI is InChI=1S/C23H32N8O/c24-17-8-1-3-10-19(17)28-14-6-5-7-15(12-14)29-22-16(21(26)32)13-27-23(31-22)30-20-11-4-2-9-18(20)25/h1,3,5-8,10,12-13,18,20-21,23,28-32H,2,4,9,11,24-26H2. The molecule has 2 aromatic carbocycles. The fourth-order valence-electron chi connectivity index (χ4n) is 4.05. The molecule has 0 amide bonds. The average Bonchev–Trinajstić information content (AvgIpc) is 2.77. The zero-order valence-corrected chi connectivity index (χ0v) is 18.0. The number of anilines is 4. The molecule has 9 nitrogen and oxygen atoms in total.